The molecule has 4 rings (SSSR count). The Morgan fingerprint density at radius 3 is 2.47 bits per heavy atom. The molecule has 9 heteroatoms. The van der Waals surface area contributed by atoms with E-state index >= 15 is 0 Å². The molecule has 3 N–H and O–H groups in total. The molecular formula is C27H32N4O4S. The predicted molar refractivity (Wildman–Crippen MR) is 142 cm³/mol. The van der Waals surface area contributed by atoms with Gasteiger partial charge in [0.05, 0.1) is 5.69 Å². The number of carbonyl (C=O) groups is 2. The van der Waals surface area contributed by atoms with Gasteiger partial charge in [-0.2, -0.15) is 0 Å². The number of sulfonamides is 1. The van der Waals surface area contributed by atoms with Gasteiger partial charge < -0.3 is 15.5 Å². The first-order valence-electron chi connectivity index (χ1n) is 12.1. The Labute approximate surface area is 212 Å². The van der Waals surface area contributed by atoms with Gasteiger partial charge in [0, 0.05) is 36.6 Å². The maximum Gasteiger partial charge on any atom is 0.317 e. The van der Waals surface area contributed by atoms with Crippen LogP contribution in [-0.2, 0) is 10.0 Å². The van der Waals surface area contributed by atoms with Gasteiger partial charge in [-0.25, -0.2) is 17.9 Å². The van der Waals surface area contributed by atoms with E-state index in [0.29, 0.717) is 37.0 Å². The van der Waals surface area contributed by atoms with Crippen molar-refractivity contribution in [1.82, 2.24) is 14.9 Å². The maximum atomic E-state index is 13.7. The monoisotopic (exact) mass is 508 g/mol. The normalized spacial score (nSPS) is 18.1. The highest BCUT2D eigenvalue weighted by Crippen LogP contribution is 2.32. The third-order valence-corrected chi connectivity index (χ3v) is 8.17. The van der Waals surface area contributed by atoms with Crippen molar-refractivity contribution < 1.29 is 18.0 Å². The number of piperidine rings is 1. The van der Waals surface area contributed by atoms with Gasteiger partial charge in [-0.15, -0.1) is 0 Å². The maximum absolute atomic E-state index is 13.7. The van der Waals surface area contributed by atoms with Gasteiger partial charge >= 0.3 is 6.03 Å². The second-order valence-electron chi connectivity index (χ2n) is 9.20. The molecule has 8 nitrogen and oxygen atoms in total. The molecule has 1 fully saturated rings. The molecule has 0 aromatic heterocycles. The van der Waals surface area contributed by atoms with Crippen LogP contribution in [0.25, 0.3) is 10.8 Å². The Bertz CT molecular complexity index is 1390. The van der Waals surface area contributed by atoms with Gasteiger partial charge in [0.2, 0.25) is 10.0 Å². The van der Waals surface area contributed by atoms with Crippen LogP contribution in [0.4, 0.5) is 10.5 Å². The van der Waals surface area contributed by atoms with Crippen LogP contribution in [0.2, 0.25) is 0 Å². The van der Waals surface area contributed by atoms with Crippen LogP contribution in [0.3, 0.4) is 0 Å². The van der Waals surface area contributed by atoms with Gasteiger partial charge in [-0.3, -0.25) is 4.79 Å². The molecule has 0 spiro atoms. The summed E-state index contributed by atoms with van der Waals surface area (Å²) in [4.78, 5) is 27.1. The van der Waals surface area contributed by atoms with E-state index in [-0.39, 0.29) is 34.5 Å². The standard InChI is InChI=1S/C27H32N4O4S/c1-4-28-27(33)31-16-15-23(19(3)17-31)30-36(34,35)24-14-13-20-10-6-8-12-22(20)25(24)29-26(32)21-11-7-5-9-18(21)2/h5-14,19,23,30H,4,15-17H2,1-3H3,(H,28,33)(H,29,32)/t19-,23+/m1/s1. The van der Waals surface area contributed by atoms with Crippen molar-refractivity contribution in [3.63, 3.8) is 0 Å². The van der Waals surface area contributed by atoms with Crippen molar-refractivity contribution in [2.75, 3.05) is 25.0 Å². The number of aryl methyl sites for hydroxylation is 1. The molecule has 0 bridgehead atoms. The summed E-state index contributed by atoms with van der Waals surface area (Å²) in [5, 5.41) is 7.13. The quantitative estimate of drug-likeness (QED) is 0.466. The minimum absolute atomic E-state index is 0.0153. The average Bonchev–Trinajstić information content (AvgIpc) is 2.85. The molecule has 0 unspecified atom stereocenters. The van der Waals surface area contributed by atoms with Crippen LogP contribution in [0.1, 0.15) is 36.2 Å². The summed E-state index contributed by atoms with van der Waals surface area (Å²) in [5.41, 5.74) is 1.53. The van der Waals surface area contributed by atoms with Gasteiger partial charge in [0.15, 0.2) is 0 Å². The summed E-state index contributed by atoms with van der Waals surface area (Å²) < 4.78 is 30.2. The fraction of sp³-hybridized carbons (Fsp3) is 0.333. The first-order valence-corrected chi connectivity index (χ1v) is 13.6. The number of nitrogens with zero attached hydrogens (tertiary/aromatic N) is 1. The number of carbonyl (C=O) groups excluding carboxylic acids is 2. The second kappa shape index (κ2) is 10.7. The smallest absolute Gasteiger partial charge is 0.317 e. The van der Waals surface area contributed by atoms with E-state index in [2.05, 4.69) is 15.4 Å². The molecule has 0 aliphatic carbocycles. The Morgan fingerprint density at radius 2 is 1.75 bits per heavy atom. The summed E-state index contributed by atoms with van der Waals surface area (Å²) in [6.45, 7) is 7.08. The Hall–Kier alpha value is -3.43. The highest BCUT2D eigenvalue weighted by atomic mass is 32.2. The first-order chi connectivity index (χ1) is 17.2. The number of urea groups is 1. The summed E-state index contributed by atoms with van der Waals surface area (Å²) in [6, 6.07) is 17.3. The Morgan fingerprint density at radius 1 is 1.03 bits per heavy atom. The lowest BCUT2D eigenvalue weighted by molar-refractivity contribution is 0.102. The second-order valence-corrected chi connectivity index (χ2v) is 10.9. The summed E-state index contributed by atoms with van der Waals surface area (Å²) >= 11 is 0. The molecule has 3 aromatic carbocycles. The lowest BCUT2D eigenvalue weighted by atomic mass is 9.95. The molecule has 0 radical (unpaired) electrons. The van der Waals surface area contributed by atoms with Crippen LogP contribution < -0.4 is 15.4 Å². The molecule has 1 heterocycles. The molecule has 2 atom stereocenters. The van der Waals surface area contributed by atoms with Crippen molar-refractivity contribution in [2.24, 2.45) is 5.92 Å². The SMILES string of the molecule is CCNC(=O)N1CC[C@H](NS(=O)(=O)c2ccc3ccccc3c2NC(=O)c2ccccc2C)[C@H](C)C1. The van der Waals surface area contributed by atoms with Crippen molar-refractivity contribution in [2.45, 2.75) is 38.1 Å². The molecule has 3 amide bonds. The number of hydrogen-bond donors (Lipinski definition) is 3. The number of rotatable bonds is 6. The van der Waals surface area contributed by atoms with Crippen LogP contribution in [0.15, 0.2) is 65.6 Å². The van der Waals surface area contributed by atoms with E-state index in [1.54, 1.807) is 29.2 Å². The van der Waals surface area contributed by atoms with E-state index in [9.17, 15) is 18.0 Å². The first kappa shape index (κ1) is 25.7. The molecule has 3 aromatic rings. The molecule has 1 aliphatic rings. The Balaban J connectivity index is 1.64. The van der Waals surface area contributed by atoms with Gasteiger partial charge in [0.1, 0.15) is 4.90 Å². The van der Waals surface area contributed by atoms with Crippen LogP contribution in [0, 0.1) is 12.8 Å². The predicted octanol–water partition coefficient (Wildman–Crippen LogP) is 4.12. The molecule has 1 aliphatic heterocycles. The van der Waals surface area contributed by atoms with Gasteiger partial charge in [-0.05, 0) is 49.3 Å². The van der Waals surface area contributed by atoms with Crippen molar-refractivity contribution >= 4 is 38.4 Å². The number of fused-ring (bicyclic) bond motifs is 1. The summed E-state index contributed by atoms with van der Waals surface area (Å²) in [6.07, 6.45) is 0.496. The third-order valence-electron chi connectivity index (χ3n) is 6.64. The lowest BCUT2D eigenvalue weighted by Crippen LogP contribution is -2.53. The fourth-order valence-corrected chi connectivity index (χ4v) is 6.20. The number of amides is 3. The zero-order valence-corrected chi connectivity index (χ0v) is 21.6. The summed E-state index contributed by atoms with van der Waals surface area (Å²) in [7, 11) is -3.98. The molecule has 36 heavy (non-hydrogen) atoms. The fourth-order valence-electron chi connectivity index (χ4n) is 4.64. The van der Waals surface area contributed by atoms with Crippen molar-refractivity contribution in [3.05, 3.63) is 71.8 Å². The van der Waals surface area contributed by atoms with Crippen LogP contribution in [-0.4, -0.2) is 50.9 Å². The lowest BCUT2D eigenvalue weighted by Gasteiger charge is -2.37. The van der Waals surface area contributed by atoms with E-state index < -0.39 is 10.0 Å². The van der Waals surface area contributed by atoms with Gasteiger partial charge in [-0.1, -0.05) is 55.5 Å². The van der Waals surface area contributed by atoms with Gasteiger partial charge in [0.25, 0.3) is 5.91 Å². The van der Waals surface area contributed by atoms with Crippen LogP contribution in [0.5, 0.6) is 0 Å². The molecule has 190 valence electrons. The minimum atomic E-state index is -3.98. The zero-order valence-electron chi connectivity index (χ0n) is 20.7. The number of likely N-dealkylation sites (tertiary alicyclic amines) is 1. The number of benzene rings is 3. The zero-order chi connectivity index (χ0) is 25.9. The molecule has 1 saturated heterocycles. The van der Waals surface area contributed by atoms with E-state index in [0.717, 1.165) is 10.9 Å². The van der Waals surface area contributed by atoms with Crippen molar-refractivity contribution in [1.29, 1.82) is 0 Å². The topological polar surface area (TPSA) is 108 Å². The largest absolute Gasteiger partial charge is 0.338 e. The third kappa shape index (κ3) is 5.37. The Kier molecular flexibility index (Phi) is 7.61. The summed E-state index contributed by atoms with van der Waals surface area (Å²) in [5.74, 6) is -0.453. The average molecular weight is 509 g/mol. The van der Waals surface area contributed by atoms with E-state index in [1.807, 2.05) is 51.1 Å². The van der Waals surface area contributed by atoms with Crippen LogP contribution >= 0.6 is 0 Å². The highest BCUT2D eigenvalue weighted by molar-refractivity contribution is 7.89. The van der Waals surface area contributed by atoms with E-state index in [1.165, 1.54) is 6.07 Å². The minimum Gasteiger partial charge on any atom is -0.338 e. The number of nitrogens with one attached hydrogen (secondary N) is 3. The van der Waals surface area contributed by atoms with Crippen molar-refractivity contribution in [3.8, 4) is 0 Å². The molecular weight excluding hydrogens is 476 g/mol. The number of hydrogen-bond acceptors (Lipinski definition) is 4. The molecule has 0 saturated carbocycles. The van der Waals surface area contributed by atoms with E-state index in [4.69, 9.17) is 0 Å². The number of anilines is 1. The highest BCUT2D eigenvalue weighted by Gasteiger charge is 2.33.